The van der Waals surface area contributed by atoms with E-state index in [0.717, 1.165) is 11.4 Å². The number of carbonyl (C=O) groups is 1. The lowest BCUT2D eigenvalue weighted by Gasteiger charge is -2.29. The largest absolute Gasteiger partial charge is 0.497 e. The molecule has 0 amide bonds. The molecule has 1 aromatic rings. The van der Waals surface area contributed by atoms with E-state index in [-0.39, 0.29) is 6.10 Å². The first-order chi connectivity index (χ1) is 8.58. The molecule has 98 valence electrons. The fourth-order valence-corrected chi connectivity index (χ4v) is 2.17. The third-order valence-corrected chi connectivity index (χ3v) is 3.40. The summed E-state index contributed by atoms with van der Waals surface area (Å²) in [5.41, 5.74) is -0.301. The Morgan fingerprint density at radius 2 is 2.17 bits per heavy atom. The number of hydrogen-bond acceptors (Lipinski definition) is 4. The minimum Gasteiger partial charge on any atom is -0.497 e. The van der Waals surface area contributed by atoms with Crippen LogP contribution in [0.1, 0.15) is 13.3 Å². The average molecular weight is 251 g/mol. The van der Waals surface area contributed by atoms with Gasteiger partial charge in [0.2, 0.25) is 0 Å². The van der Waals surface area contributed by atoms with Gasteiger partial charge in [0.05, 0.1) is 13.2 Å². The van der Waals surface area contributed by atoms with Crippen LogP contribution in [0.5, 0.6) is 5.75 Å². The molecule has 2 N–H and O–H groups in total. The molecule has 0 radical (unpaired) electrons. The second-order valence-corrected chi connectivity index (χ2v) is 4.39. The summed E-state index contributed by atoms with van der Waals surface area (Å²) in [5, 5.41) is 12.5. The molecule has 5 nitrogen and oxygen atoms in total. The summed E-state index contributed by atoms with van der Waals surface area (Å²) < 4.78 is 10.4. The van der Waals surface area contributed by atoms with Crippen LogP contribution >= 0.6 is 0 Å². The van der Waals surface area contributed by atoms with Crippen LogP contribution in [0.25, 0.3) is 0 Å². The van der Waals surface area contributed by atoms with Gasteiger partial charge in [0.1, 0.15) is 5.75 Å². The molecule has 2 unspecified atom stereocenters. The van der Waals surface area contributed by atoms with Crippen LogP contribution < -0.4 is 10.1 Å². The monoisotopic (exact) mass is 251 g/mol. The second-order valence-electron chi connectivity index (χ2n) is 4.39. The standard InChI is InChI=1S/C13H17NO4/c1-9-13(12(15)16,7-8-18-9)14-10-3-5-11(17-2)6-4-10/h3-6,9,14H,7-8H2,1-2H3,(H,15,16). The van der Waals surface area contributed by atoms with Gasteiger partial charge in [-0.15, -0.1) is 0 Å². The number of ether oxygens (including phenoxy) is 2. The number of benzene rings is 1. The fourth-order valence-electron chi connectivity index (χ4n) is 2.17. The summed E-state index contributed by atoms with van der Waals surface area (Å²) in [6.45, 7) is 2.23. The van der Waals surface area contributed by atoms with Gasteiger partial charge in [-0.1, -0.05) is 0 Å². The maximum atomic E-state index is 11.5. The van der Waals surface area contributed by atoms with Crippen molar-refractivity contribution >= 4 is 11.7 Å². The highest BCUT2D eigenvalue weighted by Gasteiger charge is 2.48. The van der Waals surface area contributed by atoms with Crippen molar-refractivity contribution < 1.29 is 19.4 Å². The highest BCUT2D eigenvalue weighted by molar-refractivity contribution is 5.84. The smallest absolute Gasteiger partial charge is 0.332 e. The first-order valence-corrected chi connectivity index (χ1v) is 5.86. The molecule has 2 atom stereocenters. The van der Waals surface area contributed by atoms with Crippen molar-refractivity contribution in [1.29, 1.82) is 0 Å². The predicted octanol–water partition coefficient (Wildman–Crippen LogP) is 1.74. The Morgan fingerprint density at radius 3 is 2.61 bits per heavy atom. The Kier molecular flexibility index (Phi) is 3.43. The van der Waals surface area contributed by atoms with Crippen LogP contribution in [0.4, 0.5) is 5.69 Å². The van der Waals surface area contributed by atoms with Crippen LogP contribution in [0.3, 0.4) is 0 Å². The SMILES string of the molecule is COc1ccc(NC2(C(=O)O)CCOC2C)cc1. The van der Waals surface area contributed by atoms with E-state index in [1.54, 1.807) is 38.3 Å². The summed E-state index contributed by atoms with van der Waals surface area (Å²) in [7, 11) is 1.59. The molecule has 1 aliphatic rings. The molecule has 1 aliphatic heterocycles. The number of methoxy groups -OCH3 is 1. The zero-order chi connectivity index (χ0) is 13.2. The highest BCUT2D eigenvalue weighted by Crippen LogP contribution is 2.31. The van der Waals surface area contributed by atoms with Gasteiger partial charge >= 0.3 is 5.97 Å². The van der Waals surface area contributed by atoms with Gasteiger partial charge in [0.15, 0.2) is 5.54 Å². The molecule has 1 heterocycles. The van der Waals surface area contributed by atoms with Crippen molar-refractivity contribution in [2.45, 2.75) is 25.0 Å². The first-order valence-electron chi connectivity index (χ1n) is 5.86. The molecule has 1 fully saturated rings. The van der Waals surface area contributed by atoms with E-state index in [2.05, 4.69) is 5.32 Å². The maximum Gasteiger partial charge on any atom is 0.332 e. The number of anilines is 1. The molecule has 0 saturated carbocycles. The number of nitrogens with one attached hydrogen (secondary N) is 1. The molecule has 0 spiro atoms. The number of aliphatic carboxylic acids is 1. The molecule has 1 aromatic carbocycles. The Hall–Kier alpha value is -1.75. The molecule has 5 heteroatoms. The lowest BCUT2D eigenvalue weighted by atomic mass is 9.91. The van der Waals surface area contributed by atoms with E-state index >= 15 is 0 Å². The quantitative estimate of drug-likeness (QED) is 0.853. The molecule has 0 aromatic heterocycles. The molecule has 1 saturated heterocycles. The van der Waals surface area contributed by atoms with Gasteiger partial charge < -0.3 is 19.9 Å². The number of carboxylic acids is 1. The molecule has 0 bridgehead atoms. The summed E-state index contributed by atoms with van der Waals surface area (Å²) in [4.78, 5) is 11.5. The van der Waals surface area contributed by atoms with E-state index in [1.807, 2.05) is 0 Å². The Balaban J connectivity index is 2.21. The van der Waals surface area contributed by atoms with Gasteiger partial charge in [0.25, 0.3) is 0 Å². The average Bonchev–Trinajstić information content (AvgIpc) is 2.73. The van der Waals surface area contributed by atoms with Crippen LogP contribution in [-0.4, -0.2) is 36.4 Å². The van der Waals surface area contributed by atoms with Gasteiger partial charge in [-0.2, -0.15) is 0 Å². The zero-order valence-electron chi connectivity index (χ0n) is 10.5. The number of rotatable bonds is 4. The maximum absolute atomic E-state index is 11.5. The lowest BCUT2D eigenvalue weighted by molar-refractivity contribution is -0.143. The van der Waals surface area contributed by atoms with Crippen LogP contribution in [0.2, 0.25) is 0 Å². The van der Waals surface area contributed by atoms with Gasteiger partial charge in [-0.25, -0.2) is 4.79 Å². The second kappa shape index (κ2) is 4.86. The Labute approximate surface area is 106 Å². The third-order valence-electron chi connectivity index (χ3n) is 3.40. The van der Waals surface area contributed by atoms with E-state index in [1.165, 1.54) is 0 Å². The number of carboxylic acid groups (broad SMARTS) is 1. The van der Waals surface area contributed by atoms with E-state index in [4.69, 9.17) is 9.47 Å². The molecular weight excluding hydrogens is 234 g/mol. The van der Waals surface area contributed by atoms with Crippen LogP contribution in [-0.2, 0) is 9.53 Å². The van der Waals surface area contributed by atoms with Crippen LogP contribution in [0.15, 0.2) is 24.3 Å². The zero-order valence-corrected chi connectivity index (χ0v) is 10.5. The minimum atomic E-state index is -1.05. The summed E-state index contributed by atoms with van der Waals surface area (Å²) in [6, 6.07) is 7.18. The molecule has 0 aliphatic carbocycles. The van der Waals surface area contributed by atoms with E-state index in [0.29, 0.717) is 13.0 Å². The summed E-state index contributed by atoms with van der Waals surface area (Å²) in [5.74, 6) is -0.149. The minimum absolute atomic E-state index is 0.364. The number of hydrogen-bond donors (Lipinski definition) is 2. The topological polar surface area (TPSA) is 67.8 Å². The highest BCUT2D eigenvalue weighted by atomic mass is 16.5. The van der Waals surface area contributed by atoms with Gasteiger partial charge in [0, 0.05) is 18.7 Å². The van der Waals surface area contributed by atoms with E-state index in [9.17, 15) is 9.90 Å². The lowest BCUT2D eigenvalue weighted by Crippen LogP contribution is -2.51. The van der Waals surface area contributed by atoms with Crippen molar-refractivity contribution in [2.75, 3.05) is 19.0 Å². The predicted molar refractivity (Wildman–Crippen MR) is 67.0 cm³/mol. The van der Waals surface area contributed by atoms with Crippen LogP contribution in [0, 0.1) is 0 Å². The van der Waals surface area contributed by atoms with Crippen molar-refractivity contribution in [2.24, 2.45) is 0 Å². The third kappa shape index (κ3) is 2.13. The van der Waals surface area contributed by atoms with Crippen molar-refractivity contribution in [3.05, 3.63) is 24.3 Å². The Bertz CT molecular complexity index is 431. The Morgan fingerprint density at radius 1 is 1.50 bits per heavy atom. The normalized spacial score (nSPS) is 26.9. The summed E-state index contributed by atoms with van der Waals surface area (Å²) >= 11 is 0. The van der Waals surface area contributed by atoms with E-state index < -0.39 is 11.5 Å². The first kappa shape index (κ1) is 12.7. The fraction of sp³-hybridized carbons (Fsp3) is 0.462. The summed E-state index contributed by atoms with van der Waals surface area (Å²) in [6.07, 6.45) is 0.0901. The van der Waals surface area contributed by atoms with Crippen molar-refractivity contribution in [3.8, 4) is 5.75 Å². The molecule has 2 rings (SSSR count). The van der Waals surface area contributed by atoms with Crippen molar-refractivity contribution in [1.82, 2.24) is 0 Å². The van der Waals surface area contributed by atoms with Gasteiger partial charge in [-0.3, -0.25) is 0 Å². The molecular formula is C13H17NO4. The van der Waals surface area contributed by atoms with Gasteiger partial charge in [-0.05, 0) is 31.2 Å². The van der Waals surface area contributed by atoms with Crippen molar-refractivity contribution in [3.63, 3.8) is 0 Å². The molecule has 18 heavy (non-hydrogen) atoms.